The van der Waals surface area contributed by atoms with Gasteiger partial charge in [-0.15, -0.1) is 0 Å². The van der Waals surface area contributed by atoms with Gasteiger partial charge in [-0.25, -0.2) is 4.79 Å². The summed E-state index contributed by atoms with van der Waals surface area (Å²) in [4.78, 5) is 13.5. The standard InChI is InChI=1S/C12H14N2O3/c1-8(9-6-4-3-5-7-9)17-11-10(15)13-12(16)14(11)2/h3-8,15H,1-2H3,(H,13,16). The van der Waals surface area contributed by atoms with Crippen molar-refractivity contribution < 1.29 is 9.84 Å². The van der Waals surface area contributed by atoms with Crippen molar-refractivity contribution in [1.29, 1.82) is 0 Å². The van der Waals surface area contributed by atoms with E-state index in [-0.39, 0.29) is 17.9 Å². The minimum atomic E-state index is -0.405. The van der Waals surface area contributed by atoms with Gasteiger partial charge < -0.3 is 9.84 Å². The van der Waals surface area contributed by atoms with Gasteiger partial charge in [0.2, 0.25) is 0 Å². The fourth-order valence-corrected chi connectivity index (χ4v) is 1.58. The number of rotatable bonds is 3. The van der Waals surface area contributed by atoms with E-state index < -0.39 is 5.69 Å². The molecular formula is C12H14N2O3. The van der Waals surface area contributed by atoms with Crippen molar-refractivity contribution in [3.8, 4) is 11.8 Å². The van der Waals surface area contributed by atoms with Gasteiger partial charge in [0.05, 0.1) is 0 Å². The third-order valence-electron chi connectivity index (χ3n) is 2.59. The molecule has 2 N–H and O–H groups in total. The molecule has 0 spiro atoms. The number of H-pyrrole nitrogens is 1. The molecule has 0 aliphatic carbocycles. The maximum absolute atomic E-state index is 11.2. The Bertz CT molecular complexity index is 557. The van der Waals surface area contributed by atoms with Crippen molar-refractivity contribution in [2.24, 2.45) is 7.05 Å². The average Bonchev–Trinajstić information content (AvgIpc) is 2.57. The number of aromatic nitrogens is 2. The topological polar surface area (TPSA) is 67.2 Å². The lowest BCUT2D eigenvalue weighted by molar-refractivity contribution is 0.200. The first kappa shape index (κ1) is 11.3. The van der Waals surface area contributed by atoms with Crippen LogP contribution in [0.5, 0.6) is 11.8 Å². The van der Waals surface area contributed by atoms with Crippen molar-refractivity contribution in [2.75, 3.05) is 0 Å². The summed E-state index contributed by atoms with van der Waals surface area (Å²) in [5, 5.41) is 9.51. The highest BCUT2D eigenvalue weighted by atomic mass is 16.5. The molecule has 1 atom stereocenters. The number of imidazole rings is 1. The zero-order valence-electron chi connectivity index (χ0n) is 9.68. The quantitative estimate of drug-likeness (QED) is 0.846. The molecule has 0 aliphatic rings. The van der Waals surface area contributed by atoms with E-state index in [0.717, 1.165) is 5.56 Å². The molecule has 1 unspecified atom stereocenters. The number of hydrogen-bond acceptors (Lipinski definition) is 3. The third kappa shape index (κ3) is 2.18. The van der Waals surface area contributed by atoms with Crippen molar-refractivity contribution in [1.82, 2.24) is 9.55 Å². The number of nitrogens with zero attached hydrogens (tertiary/aromatic N) is 1. The smallest absolute Gasteiger partial charge is 0.331 e. The zero-order valence-corrected chi connectivity index (χ0v) is 9.68. The summed E-state index contributed by atoms with van der Waals surface area (Å²) < 4.78 is 6.80. The Hall–Kier alpha value is -2.17. The van der Waals surface area contributed by atoms with Crippen LogP contribution in [0.4, 0.5) is 0 Å². The van der Waals surface area contributed by atoms with Gasteiger partial charge in [-0.1, -0.05) is 30.3 Å². The predicted octanol–water partition coefficient (Wildman–Crippen LogP) is 1.56. The number of ether oxygens (including phenoxy) is 1. The van der Waals surface area contributed by atoms with E-state index in [4.69, 9.17) is 4.74 Å². The van der Waals surface area contributed by atoms with Crippen LogP contribution in [0.1, 0.15) is 18.6 Å². The highest BCUT2D eigenvalue weighted by molar-refractivity contribution is 5.26. The maximum Gasteiger partial charge on any atom is 0.331 e. The van der Waals surface area contributed by atoms with Crippen LogP contribution in [0.25, 0.3) is 0 Å². The zero-order chi connectivity index (χ0) is 12.4. The van der Waals surface area contributed by atoms with E-state index in [0.29, 0.717) is 0 Å². The Morgan fingerprint density at radius 2 is 2.00 bits per heavy atom. The monoisotopic (exact) mass is 234 g/mol. The fourth-order valence-electron chi connectivity index (χ4n) is 1.58. The van der Waals surface area contributed by atoms with E-state index >= 15 is 0 Å². The van der Waals surface area contributed by atoms with Gasteiger partial charge in [-0.05, 0) is 12.5 Å². The lowest BCUT2D eigenvalue weighted by atomic mass is 10.1. The van der Waals surface area contributed by atoms with E-state index in [2.05, 4.69) is 4.98 Å². The van der Waals surface area contributed by atoms with Crippen molar-refractivity contribution in [3.63, 3.8) is 0 Å². The molecule has 0 bridgehead atoms. The van der Waals surface area contributed by atoms with Crippen LogP contribution in [0.15, 0.2) is 35.1 Å². The average molecular weight is 234 g/mol. The van der Waals surface area contributed by atoms with Gasteiger partial charge in [0.25, 0.3) is 11.8 Å². The largest absolute Gasteiger partial charge is 0.491 e. The maximum atomic E-state index is 11.2. The first-order valence-corrected chi connectivity index (χ1v) is 5.29. The van der Waals surface area contributed by atoms with E-state index in [1.54, 1.807) is 0 Å². The van der Waals surface area contributed by atoms with Crippen molar-refractivity contribution >= 4 is 0 Å². The fraction of sp³-hybridized carbons (Fsp3) is 0.250. The summed E-state index contributed by atoms with van der Waals surface area (Å²) in [5.41, 5.74) is 0.568. The predicted molar refractivity (Wildman–Crippen MR) is 63.2 cm³/mol. The summed E-state index contributed by atoms with van der Waals surface area (Å²) in [6.45, 7) is 1.85. The lowest BCUT2D eigenvalue weighted by Crippen LogP contribution is -2.14. The highest BCUT2D eigenvalue weighted by Crippen LogP contribution is 2.26. The molecule has 17 heavy (non-hydrogen) atoms. The number of hydrogen-bond donors (Lipinski definition) is 2. The molecule has 5 heteroatoms. The summed E-state index contributed by atoms with van der Waals surface area (Å²) in [6.07, 6.45) is -0.247. The van der Waals surface area contributed by atoms with Crippen LogP contribution in [-0.2, 0) is 7.05 Å². The van der Waals surface area contributed by atoms with Crippen LogP contribution < -0.4 is 10.4 Å². The Labute approximate surface area is 98.3 Å². The van der Waals surface area contributed by atoms with E-state index in [9.17, 15) is 9.90 Å². The van der Waals surface area contributed by atoms with Crippen LogP contribution in [0.2, 0.25) is 0 Å². The van der Waals surface area contributed by atoms with Crippen LogP contribution in [0.3, 0.4) is 0 Å². The minimum absolute atomic E-state index is 0.145. The second-order valence-corrected chi connectivity index (χ2v) is 3.81. The number of benzene rings is 1. The first-order valence-electron chi connectivity index (χ1n) is 5.29. The van der Waals surface area contributed by atoms with Gasteiger partial charge in [0, 0.05) is 7.05 Å². The second kappa shape index (κ2) is 4.37. The lowest BCUT2D eigenvalue weighted by Gasteiger charge is -2.14. The van der Waals surface area contributed by atoms with Gasteiger partial charge in [-0.2, -0.15) is 0 Å². The van der Waals surface area contributed by atoms with Crippen LogP contribution in [-0.4, -0.2) is 14.7 Å². The Kier molecular flexibility index (Phi) is 2.91. The Morgan fingerprint density at radius 3 is 2.53 bits per heavy atom. The first-order chi connectivity index (χ1) is 8.09. The molecule has 0 saturated heterocycles. The van der Waals surface area contributed by atoms with Gasteiger partial charge in [0.15, 0.2) is 0 Å². The molecule has 1 heterocycles. The number of nitrogens with one attached hydrogen (secondary N) is 1. The molecule has 5 nitrogen and oxygen atoms in total. The molecule has 1 aromatic carbocycles. The van der Waals surface area contributed by atoms with Gasteiger partial charge >= 0.3 is 5.69 Å². The van der Waals surface area contributed by atoms with Crippen LogP contribution in [0, 0.1) is 0 Å². The molecule has 2 aromatic rings. The number of aromatic amines is 1. The Balaban J connectivity index is 2.25. The molecular weight excluding hydrogens is 220 g/mol. The SMILES string of the molecule is CC(Oc1c(O)[nH]c(=O)n1C)c1ccccc1. The minimum Gasteiger partial charge on any atom is -0.491 e. The molecule has 0 fully saturated rings. The summed E-state index contributed by atoms with van der Waals surface area (Å²) >= 11 is 0. The van der Waals surface area contributed by atoms with Gasteiger partial charge in [-0.3, -0.25) is 9.55 Å². The van der Waals surface area contributed by atoms with Crippen LogP contribution >= 0.6 is 0 Å². The third-order valence-corrected chi connectivity index (χ3v) is 2.59. The second-order valence-electron chi connectivity index (χ2n) is 3.81. The van der Waals surface area contributed by atoms with Gasteiger partial charge in [0.1, 0.15) is 6.10 Å². The number of aromatic hydroxyl groups is 1. The van der Waals surface area contributed by atoms with E-state index in [1.165, 1.54) is 11.6 Å². The normalized spacial score (nSPS) is 12.4. The summed E-state index contributed by atoms with van der Waals surface area (Å²) in [5.74, 6) is -0.105. The molecule has 1 aromatic heterocycles. The summed E-state index contributed by atoms with van der Waals surface area (Å²) in [7, 11) is 1.53. The Morgan fingerprint density at radius 1 is 1.35 bits per heavy atom. The molecule has 2 rings (SSSR count). The molecule has 0 amide bonds. The molecule has 0 aliphatic heterocycles. The summed E-state index contributed by atoms with van der Waals surface area (Å²) in [6, 6.07) is 9.58. The van der Waals surface area contributed by atoms with E-state index in [1.807, 2.05) is 37.3 Å². The van der Waals surface area contributed by atoms with Crippen molar-refractivity contribution in [2.45, 2.75) is 13.0 Å². The molecule has 90 valence electrons. The molecule has 0 saturated carbocycles. The van der Waals surface area contributed by atoms with Crippen molar-refractivity contribution in [3.05, 3.63) is 46.4 Å². The highest BCUT2D eigenvalue weighted by Gasteiger charge is 2.15. The molecule has 0 radical (unpaired) electrons.